The predicted octanol–water partition coefficient (Wildman–Crippen LogP) is 16.4. The van der Waals surface area contributed by atoms with Crippen molar-refractivity contribution in [3.63, 3.8) is 0 Å². The first-order valence-electron chi connectivity index (χ1n) is 25.4. The van der Waals surface area contributed by atoms with E-state index in [9.17, 15) is 9.36 Å². The van der Waals surface area contributed by atoms with E-state index in [-0.39, 0.29) is 19.2 Å². The minimum atomic E-state index is -4.65. The number of phosphoric ester groups is 1. The number of esters is 1. The van der Waals surface area contributed by atoms with Gasteiger partial charge in [0.1, 0.15) is 6.10 Å². The molecule has 0 aliphatic heterocycles. The first kappa shape index (κ1) is 56.5. The molecule has 0 spiro atoms. The molecule has 0 heterocycles. The fourth-order valence-electron chi connectivity index (χ4n) is 7.92. The third-order valence-electron chi connectivity index (χ3n) is 11.7. The van der Waals surface area contributed by atoms with Crippen molar-refractivity contribution in [3.8, 4) is 0 Å². The number of rotatable bonds is 49. The molecule has 0 aromatic carbocycles. The van der Waals surface area contributed by atoms with Crippen molar-refractivity contribution in [1.29, 1.82) is 0 Å². The van der Waals surface area contributed by atoms with Crippen LogP contribution in [0.1, 0.15) is 284 Å². The lowest BCUT2D eigenvalue weighted by Gasteiger charge is -2.18. The molecule has 0 saturated carbocycles. The second-order valence-electron chi connectivity index (χ2n) is 17.5. The van der Waals surface area contributed by atoms with Gasteiger partial charge in [-0.1, -0.05) is 264 Å². The first-order chi connectivity index (χ1) is 27.9. The van der Waals surface area contributed by atoms with Crippen molar-refractivity contribution in [2.75, 3.05) is 19.8 Å². The van der Waals surface area contributed by atoms with Gasteiger partial charge in [-0.2, -0.15) is 0 Å². The normalized spacial score (nSPS) is 12.4. The molecule has 0 bridgehead atoms. The maximum absolute atomic E-state index is 12.5. The molecule has 0 aliphatic rings. The summed E-state index contributed by atoms with van der Waals surface area (Å²) in [6.07, 6.45) is 54.1. The summed E-state index contributed by atoms with van der Waals surface area (Å²) in [7, 11) is -4.65. The maximum atomic E-state index is 12.5. The molecule has 0 saturated heterocycles. The van der Waals surface area contributed by atoms with Crippen molar-refractivity contribution in [3.05, 3.63) is 0 Å². The molecule has 0 unspecified atom stereocenters. The molecule has 8 heteroatoms. The SMILES string of the molecule is CCCCCCCCCCCCCCCCCCCCCCCC(=O)O[C@H](COCCCCCCCCCCCCCCCCCCCCCC)COP(=O)(O)O. The van der Waals surface area contributed by atoms with Crippen LogP contribution in [0.3, 0.4) is 0 Å². The molecule has 0 aromatic rings. The second-order valence-corrected chi connectivity index (χ2v) is 18.8. The van der Waals surface area contributed by atoms with Crippen LogP contribution < -0.4 is 0 Å². The Balaban J connectivity index is 3.65. The summed E-state index contributed by atoms with van der Waals surface area (Å²) in [5, 5.41) is 0. The predicted molar refractivity (Wildman–Crippen MR) is 244 cm³/mol. The summed E-state index contributed by atoms with van der Waals surface area (Å²) in [6.45, 7) is 4.83. The number of ether oxygens (including phenoxy) is 2. The number of phosphoric acid groups is 1. The van der Waals surface area contributed by atoms with E-state index in [1.165, 1.54) is 231 Å². The molecule has 0 rings (SSSR count). The summed E-state index contributed by atoms with van der Waals surface area (Å²) >= 11 is 0. The molecule has 2 N–H and O–H groups in total. The average Bonchev–Trinajstić information content (AvgIpc) is 3.19. The number of hydrogen-bond donors (Lipinski definition) is 2. The highest BCUT2D eigenvalue weighted by atomic mass is 31.2. The molecule has 0 radical (unpaired) electrons. The van der Waals surface area contributed by atoms with Crippen molar-refractivity contribution in [2.45, 2.75) is 290 Å². The minimum Gasteiger partial charge on any atom is -0.457 e. The highest BCUT2D eigenvalue weighted by Crippen LogP contribution is 2.36. The molecular formula is C49H99O7P. The molecular weight excluding hydrogens is 732 g/mol. The van der Waals surface area contributed by atoms with Gasteiger partial charge in [0.2, 0.25) is 0 Å². The number of carbonyl (C=O) groups excluding carboxylic acids is 1. The van der Waals surface area contributed by atoms with E-state index < -0.39 is 13.9 Å². The molecule has 0 aliphatic carbocycles. The van der Waals surface area contributed by atoms with E-state index in [4.69, 9.17) is 19.3 Å². The van der Waals surface area contributed by atoms with E-state index in [0.29, 0.717) is 13.0 Å². The van der Waals surface area contributed by atoms with E-state index in [1.54, 1.807) is 0 Å². The van der Waals surface area contributed by atoms with Crippen molar-refractivity contribution in [2.24, 2.45) is 0 Å². The zero-order chi connectivity index (χ0) is 41.6. The van der Waals surface area contributed by atoms with Gasteiger partial charge in [0.15, 0.2) is 0 Å². The van der Waals surface area contributed by atoms with Crippen LogP contribution in [0.25, 0.3) is 0 Å². The van der Waals surface area contributed by atoms with Crippen molar-refractivity contribution in [1.82, 2.24) is 0 Å². The lowest BCUT2D eigenvalue weighted by molar-refractivity contribution is -0.154. The van der Waals surface area contributed by atoms with Crippen LogP contribution in [0.15, 0.2) is 0 Å². The third-order valence-corrected chi connectivity index (χ3v) is 12.1. The molecule has 57 heavy (non-hydrogen) atoms. The van der Waals surface area contributed by atoms with Gasteiger partial charge in [-0.05, 0) is 12.8 Å². The van der Waals surface area contributed by atoms with Crippen LogP contribution in [-0.4, -0.2) is 41.7 Å². The second kappa shape index (κ2) is 46.6. The van der Waals surface area contributed by atoms with E-state index in [1.807, 2.05) is 0 Å². The quantitative estimate of drug-likeness (QED) is 0.0358. The van der Waals surface area contributed by atoms with Gasteiger partial charge in [0.05, 0.1) is 13.2 Å². The lowest BCUT2D eigenvalue weighted by Crippen LogP contribution is -2.28. The third kappa shape index (κ3) is 49.8. The minimum absolute atomic E-state index is 0.0875. The van der Waals surface area contributed by atoms with Crippen LogP contribution >= 0.6 is 7.82 Å². The molecule has 7 nitrogen and oxygen atoms in total. The van der Waals surface area contributed by atoms with Crippen LogP contribution in [0.5, 0.6) is 0 Å². The maximum Gasteiger partial charge on any atom is 0.469 e. The van der Waals surface area contributed by atoms with Crippen LogP contribution in [-0.2, 0) is 23.4 Å². The van der Waals surface area contributed by atoms with Crippen molar-refractivity contribution >= 4 is 13.8 Å². The highest BCUT2D eigenvalue weighted by Gasteiger charge is 2.21. The van der Waals surface area contributed by atoms with Gasteiger partial charge in [0.25, 0.3) is 0 Å². The lowest BCUT2D eigenvalue weighted by atomic mass is 10.0. The van der Waals surface area contributed by atoms with E-state index in [0.717, 1.165) is 32.1 Å². The standard InChI is InChI=1S/C49H99O7P/c1-3-5-7-9-11-13-15-17-19-21-23-25-26-28-30-32-34-36-38-40-42-44-49(50)56-48(47-55-57(51,52)53)46-54-45-43-41-39-37-35-33-31-29-27-24-22-20-18-16-14-12-10-8-6-4-2/h48H,3-47H2,1-2H3,(H2,51,52,53)/t48-/m1/s1. The van der Waals surface area contributed by atoms with Crippen LogP contribution in [0, 0.1) is 0 Å². The van der Waals surface area contributed by atoms with Crippen LogP contribution in [0.4, 0.5) is 0 Å². The largest absolute Gasteiger partial charge is 0.469 e. The molecule has 0 fully saturated rings. The summed E-state index contributed by atoms with van der Waals surface area (Å²) in [6, 6.07) is 0. The highest BCUT2D eigenvalue weighted by molar-refractivity contribution is 7.46. The smallest absolute Gasteiger partial charge is 0.457 e. The van der Waals surface area contributed by atoms with Gasteiger partial charge in [-0.25, -0.2) is 4.57 Å². The molecule has 342 valence electrons. The van der Waals surface area contributed by atoms with E-state index >= 15 is 0 Å². The summed E-state index contributed by atoms with van der Waals surface area (Å²) in [5.74, 6) is -0.352. The summed E-state index contributed by atoms with van der Waals surface area (Å²) in [5.41, 5.74) is 0. The Morgan fingerprint density at radius 3 is 0.947 bits per heavy atom. The van der Waals surface area contributed by atoms with Crippen LogP contribution in [0.2, 0.25) is 0 Å². The van der Waals surface area contributed by atoms with Gasteiger partial charge >= 0.3 is 13.8 Å². The Labute approximate surface area is 355 Å². The topological polar surface area (TPSA) is 102 Å². The van der Waals surface area contributed by atoms with E-state index in [2.05, 4.69) is 18.4 Å². The Hall–Kier alpha value is -0.460. The Morgan fingerprint density at radius 1 is 0.404 bits per heavy atom. The number of carbonyl (C=O) groups is 1. The Bertz CT molecular complexity index is 835. The number of hydrogen-bond acceptors (Lipinski definition) is 5. The van der Waals surface area contributed by atoms with Gasteiger partial charge < -0.3 is 19.3 Å². The summed E-state index contributed by atoms with van der Waals surface area (Å²) in [4.78, 5) is 30.8. The molecule has 0 amide bonds. The van der Waals surface area contributed by atoms with Gasteiger partial charge in [0, 0.05) is 13.0 Å². The fourth-order valence-corrected chi connectivity index (χ4v) is 8.28. The molecule has 1 atom stereocenters. The monoisotopic (exact) mass is 831 g/mol. The zero-order valence-corrected chi connectivity index (χ0v) is 39.2. The average molecular weight is 831 g/mol. The van der Waals surface area contributed by atoms with Gasteiger partial charge in [-0.3, -0.25) is 9.32 Å². The Kier molecular flexibility index (Phi) is 46.2. The zero-order valence-electron chi connectivity index (χ0n) is 38.3. The van der Waals surface area contributed by atoms with Gasteiger partial charge in [-0.15, -0.1) is 0 Å². The Morgan fingerprint density at radius 2 is 0.667 bits per heavy atom. The number of unbranched alkanes of at least 4 members (excludes halogenated alkanes) is 39. The fraction of sp³-hybridized carbons (Fsp3) is 0.980. The van der Waals surface area contributed by atoms with Crippen molar-refractivity contribution < 1.29 is 33.1 Å². The first-order valence-corrected chi connectivity index (χ1v) is 26.9. The summed E-state index contributed by atoms with van der Waals surface area (Å²) < 4.78 is 27.2. The molecule has 0 aromatic heterocycles.